The van der Waals surface area contributed by atoms with Gasteiger partial charge in [-0.2, -0.15) is 0 Å². The smallest absolute Gasteiger partial charge is 0.408 e. The lowest BCUT2D eigenvalue weighted by Crippen LogP contribution is -2.43. The molecular weight excluding hydrogens is 322 g/mol. The number of hydrogen-bond acceptors (Lipinski definition) is 5. The number of alkyl carbamates (subject to hydrolysis) is 1. The number of carboxylic acid groups (broad SMARTS) is 1. The number of benzene rings is 1. The molecule has 1 aliphatic rings. The summed E-state index contributed by atoms with van der Waals surface area (Å²) in [5.41, 5.74) is 0.771. The second kappa shape index (κ2) is 7.45. The van der Waals surface area contributed by atoms with Gasteiger partial charge in [-0.05, 0) is 24.8 Å². The van der Waals surface area contributed by atoms with E-state index in [1.54, 1.807) is 24.3 Å². The van der Waals surface area contributed by atoms with E-state index in [4.69, 9.17) is 4.74 Å². The molecule has 1 aromatic rings. The fourth-order valence-corrected chi connectivity index (χ4v) is 4.43. The van der Waals surface area contributed by atoms with Gasteiger partial charge < -0.3 is 15.2 Å². The number of carbonyl (C=O) groups excluding carboxylic acids is 1. The Balaban J connectivity index is 1.89. The van der Waals surface area contributed by atoms with E-state index >= 15 is 0 Å². The first-order valence-corrected chi connectivity index (χ1v) is 9.01. The molecule has 0 bridgehead atoms. The van der Waals surface area contributed by atoms with Crippen LogP contribution in [0.15, 0.2) is 30.3 Å². The molecule has 126 valence electrons. The third kappa shape index (κ3) is 4.95. The Kier molecular flexibility index (Phi) is 5.59. The molecular formula is C15H19NO6S. The second-order valence-corrected chi connectivity index (χ2v) is 7.86. The SMILES string of the molecule is O=C(NC(CC1CCCS1(=O)=O)C(=O)O)OCc1ccccc1. The maximum absolute atomic E-state index is 11.8. The van der Waals surface area contributed by atoms with Gasteiger partial charge in [0.15, 0.2) is 9.84 Å². The Labute approximate surface area is 134 Å². The molecule has 7 nitrogen and oxygen atoms in total. The van der Waals surface area contributed by atoms with Crippen LogP contribution in [0.2, 0.25) is 0 Å². The van der Waals surface area contributed by atoms with E-state index in [9.17, 15) is 23.1 Å². The minimum absolute atomic E-state index is 0.0146. The van der Waals surface area contributed by atoms with Crippen LogP contribution in [0.3, 0.4) is 0 Å². The highest BCUT2D eigenvalue weighted by Crippen LogP contribution is 2.24. The van der Waals surface area contributed by atoms with E-state index in [-0.39, 0.29) is 18.8 Å². The highest BCUT2D eigenvalue weighted by Gasteiger charge is 2.35. The third-order valence-electron chi connectivity index (χ3n) is 3.76. The van der Waals surface area contributed by atoms with Crippen molar-refractivity contribution in [2.45, 2.75) is 37.2 Å². The van der Waals surface area contributed by atoms with Crippen molar-refractivity contribution in [1.82, 2.24) is 5.32 Å². The van der Waals surface area contributed by atoms with Crippen LogP contribution in [0.25, 0.3) is 0 Å². The predicted molar refractivity (Wildman–Crippen MR) is 82.6 cm³/mol. The number of nitrogens with one attached hydrogen (secondary N) is 1. The molecule has 23 heavy (non-hydrogen) atoms. The van der Waals surface area contributed by atoms with Gasteiger partial charge in [-0.15, -0.1) is 0 Å². The zero-order chi connectivity index (χ0) is 16.9. The third-order valence-corrected chi connectivity index (χ3v) is 6.07. The van der Waals surface area contributed by atoms with Gasteiger partial charge in [0.2, 0.25) is 0 Å². The summed E-state index contributed by atoms with van der Waals surface area (Å²) in [6, 6.07) is 7.67. The molecule has 0 aromatic heterocycles. The Morgan fingerprint density at radius 1 is 1.30 bits per heavy atom. The van der Waals surface area contributed by atoms with E-state index < -0.39 is 33.2 Å². The van der Waals surface area contributed by atoms with E-state index in [0.717, 1.165) is 5.56 Å². The van der Waals surface area contributed by atoms with Gasteiger partial charge in [-0.3, -0.25) is 0 Å². The number of carbonyl (C=O) groups is 2. The second-order valence-electron chi connectivity index (χ2n) is 5.46. The van der Waals surface area contributed by atoms with Gasteiger partial charge in [0.05, 0.1) is 11.0 Å². The molecule has 8 heteroatoms. The van der Waals surface area contributed by atoms with Crippen molar-refractivity contribution in [3.05, 3.63) is 35.9 Å². The first-order valence-electron chi connectivity index (χ1n) is 7.30. The molecule has 0 radical (unpaired) electrons. The highest BCUT2D eigenvalue weighted by atomic mass is 32.2. The fraction of sp³-hybridized carbons (Fsp3) is 0.467. The van der Waals surface area contributed by atoms with Crippen molar-refractivity contribution in [3.63, 3.8) is 0 Å². The number of rotatable bonds is 6. The van der Waals surface area contributed by atoms with Gasteiger partial charge in [-0.25, -0.2) is 18.0 Å². The van der Waals surface area contributed by atoms with Crippen molar-refractivity contribution in [2.24, 2.45) is 0 Å². The van der Waals surface area contributed by atoms with Crippen molar-refractivity contribution >= 4 is 21.9 Å². The number of sulfone groups is 1. The van der Waals surface area contributed by atoms with E-state index in [2.05, 4.69) is 5.32 Å². The molecule has 0 saturated carbocycles. The number of ether oxygens (including phenoxy) is 1. The first-order chi connectivity index (χ1) is 10.9. The Morgan fingerprint density at radius 3 is 2.57 bits per heavy atom. The van der Waals surface area contributed by atoms with E-state index in [1.807, 2.05) is 6.07 Å². The van der Waals surface area contributed by atoms with Crippen LogP contribution in [0.5, 0.6) is 0 Å². The van der Waals surface area contributed by atoms with Crippen LogP contribution in [-0.2, 0) is 26.0 Å². The lowest BCUT2D eigenvalue weighted by atomic mass is 10.1. The Morgan fingerprint density at radius 2 is 2.00 bits per heavy atom. The molecule has 2 atom stereocenters. The lowest BCUT2D eigenvalue weighted by molar-refractivity contribution is -0.139. The predicted octanol–water partition coefficient (Wildman–Crippen LogP) is 1.33. The standard InChI is InChI=1S/C15H19NO6S/c17-14(18)13(9-12-7-4-8-23(12,20)21)16-15(19)22-10-11-5-2-1-3-6-11/h1-3,5-6,12-13H,4,7-10H2,(H,16,19)(H,17,18). The summed E-state index contributed by atoms with van der Waals surface area (Å²) in [4.78, 5) is 23.0. The molecule has 2 unspecified atom stereocenters. The summed E-state index contributed by atoms with van der Waals surface area (Å²) in [7, 11) is -3.26. The fourth-order valence-electron chi connectivity index (χ4n) is 2.51. The van der Waals surface area contributed by atoms with E-state index in [1.165, 1.54) is 0 Å². The van der Waals surface area contributed by atoms with Crippen LogP contribution < -0.4 is 5.32 Å². The molecule has 1 saturated heterocycles. The van der Waals surface area contributed by atoms with Gasteiger partial charge in [0.1, 0.15) is 12.6 Å². The van der Waals surface area contributed by atoms with Crippen LogP contribution in [0, 0.1) is 0 Å². The first kappa shape index (κ1) is 17.3. The normalized spacial score (nSPS) is 20.6. The summed E-state index contributed by atoms with van der Waals surface area (Å²) in [6.45, 7) is 0.0146. The average Bonchev–Trinajstić information content (AvgIpc) is 2.84. The molecule has 0 aliphatic carbocycles. The van der Waals surface area contributed by atoms with Gasteiger partial charge in [0.25, 0.3) is 0 Å². The molecule has 1 heterocycles. The summed E-state index contributed by atoms with van der Waals surface area (Å²) >= 11 is 0. The molecule has 2 rings (SSSR count). The molecule has 2 N–H and O–H groups in total. The summed E-state index contributed by atoms with van der Waals surface area (Å²) in [6.07, 6.45) is -0.0698. The molecule has 1 amide bonds. The minimum Gasteiger partial charge on any atom is -0.480 e. The van der Waals surface area contributed by atoms with Crippen molar-refractivity contribution < 1.29 is 27.9 Å². The monoisotopic (exact) mass is 341 g/mol. The van der Waals surface area contributed by atoms with Crippen molar-refractivity contribution in [2.75, 3.05) is 5.75 Å². The van der Waals surface area contributed by atoms with E-state index in [0.29, 0.717) is 12.8 Å². The van der Waals surface area contributed by atoms with Gasteiger partial charge in [-0.1, -0.05) is 30.3 Å². The maximum Gasteiger partial charge on any atom is 0.408 e. The van der Waals surface area contributed by atoms with Gasteiger partial charge in [0, 0.05) is 0 Å². The van der Waals surface area contributed by atoms with Gasteiger partial charge >= 0.3 is 12.1 Å². The highest BCUT2D eigenvalue weighted by molar-refractivity contribution is 7.92. The lowest BCUT2D eigenvalue weighted by Gasteiger charge is -2.17. The Bertz CT molecular complexity index is 658. The zero-order valence-electron chi connectivity index (χ0n) is 12.5. The summed E-state index contributed by atoms with van der Waals surface area (Å²) < 4.78 is 28.5. The average molecular weight is 341 g/mol. The number of hydrogen-bond donors (Lipinski definition) is 2. The quantitative estimate of drug-likeness (QED) is 0.808. The molecule has 1 aliphatic heterocycles. The molecule has 1 fully saturated rings. The minimum atomic E-state index is -3.26. The molecule has 0 spiro atoms. The Hall–Kier alpha value is -2.09. The van der Waals surface area contributed by atoms with Crippen molar-refractivity contribution in [1.29, 1.82) is 0 Å². The number of amides is 1. The summed E-state index contributed by atoms with van der Waals surface area (Å²) in [5.74, 6) is -1.20. The largest absolute Gasteiger partial charge is 0.480 e. The van der Waals surface area contributed by atoms with Crippen LogP contribution in [0.4, 0.5) is 4.79 Å². The topological polar surface area (TPSA) is 110 Å². The summed E-state index contributed by atoms with van der Waals surface area (Å²) in [5, 5.41) is 10.7. The molecule has 1 aromatic carbocycles. The number of aliphatic carboxylic acids is 1. The van der Waals surface area contributed by atoms with Crippen LogP contribution in [-0.4, -0.2) is 42.6 Å². The van der Waals surface area contributed by atoms with Crippen LogP contribution >= 0.6 is 0 Å². The van der Waals surface area contributed by atoms with Crippen LogP contribution in [0.1, 0.15) is 24.8 Å². The maximum atomic E-state index is 11.8. The van der Waals surface area contributed by atoms with Crippen molar-refractivity contribution in [3.8, 4) is 0 Å². The zero-order valence-corrected chi connectivity index (χ0v) is 13.3. The number of carboxylic acids is 1.